The maximum Gasteiger partial charge on any atom is 0.222 e. The van der Waals surface area contributed by atoms with Crippen LogP contribution in [0, 0.1) is 23.2 Å². The molecule has 1 aliphatic carbocycles. The van der Waals surface area contributed by atoms with Crippen molar-refractivity contribution < 1.29 is 9.53 Å². The monoisotopic (exact) mass is 279 g/mol. The molecule has 0 N–H and O–H groups in total. The molecule has 3 fully saturated rings. The van der Waals surface area contributed by atoms with E-state index in [-0.39, 0.29) is 5.60 Å². The van der Waals surface area contributed by atoms with Crippen molar-refractivity contribution in [2.75, 3.05) is 19.7 Å². The van der Waals surface area contributed by atoms with Crippen LogP contribution in [-0.4, -0.2) is 36.1 Å². The highest BCUT2D eigenvalue weighted by atomic mass is 16.5. The Morgan fingerprint density at radius 2 is 1.80 bits per heavy atom. The highest BCUT2D eigenvalue weighted by molar-refractivity contribution is 5.77. The smallest absolute Gasteiger partial charge is 0.222 e. The van der Waals surface area contributed by atoms with E-state index in [1.807, 2.05) is 0 Å². The number of hydrogen-bond acceptors (Lipinski definition) is 2. The van der Waals surface area contributed by atoms with Crippen LogP contribution in [0.1, 0.15) is 53.4 Å². The van der Waals surface area contributed by atoms with Crippen LogP contribution in [0.5, 0.6) is 0 Å². The maximum atomic E-state index is 12.4. The number of fused-ring (bicyclic) bond motifs is 1. The molecular formula is C17H29NO2. The Morgan fingerprint density at radius 1 is 1.15 bits per heavy atom. The molecule has 0 aromatic carbocycles. The lowest BCUT2D eigenvalue weighted by molar-refractivity contribution is -0.132. The van der Waals surface area contributed by atoms with Crippen LogP contribution in [0.2, 0.25) is 0 Å². The van der Waals surface area contributed by atoms with E-state index in [2.05, 4.69) is 32.6 Å². The number of carbonyl (C=O) groups excluding carboxylic acids is 1. The van der Waals surface area contributed by atoms with Gasteiger partial charge in [0.1, 0.15) is 0 Å². The first-order chi connectivity index (χ1) is 9.29. The summed E-state index contributed by atoms with van der Waals surface area (Å²) in [6.07, 6.45) is 3.98. The van der Waals surface area contributed by atoms with Crippen molar-refractivity contribution >= 4 is 5.91 Å². The predicted molar refractivity (Wildman–Crippen MR) is 79.3 cm³/mol. The first kappa shape index (κ1) is 14.4. The van der Waals surface area contributed by atoms with E-state index < -0.39 is 0 Å². The first-order valence-corrected chi connectivity index (χ1v) is 8.21. The van der Waals surface area contributed by atoms with Gasteiger partial charge in [-0.1, -0.05) is 13.8 Å². The molecule has 3 atom stereocenters. The molecule has 3 aliphatic rings. The van der Waals surface area contributed by atoms with Gasteiger partial charge in [-0.25, -0.2) is 0 Å². The Morgan fingerprint density at radius 3 is 2.45 bits per heavy atom. The highest BCUT2D eigenvalue weighted by Gasteiger charge is 2.62. The third-order valence-corrected chi connectivity index (χ3v) is 6.11. The minimum atomic E-state index is -0.00288. The van der Waals surface area contributed by atoms with Crippen LogP contribution in [-0.2, 0) is 9.53 Å². The number of carbonyl (C=O) groups is 1. The predicted octanol–water partition coefficient (Wildman–Crippen LogP) is 3.09. The van der Waals surface area contributed by atoms with Gasteiger partial charge >= 0.3 is 0 Å². The molecule has 0 spiro atoms. The Balaban J connectivity index is 1.48. The molecule has 3 rings (SSSR count). The molecule has 3 nitrogen and oxygen atoms in total. The summed E-state index contributed by atoms with van der Waals surface area (Å²) in [4.78, 5) is 14.6. The average molecular weight is 279 g/mol. The van der Waals surface area contributed by atoms with Crippen molar-refractivity contribution in [2.24, 2.45) is 23.2 Å². The fourth-order valence-corrected chi connectivity index (χ4v) is 4.19. The first-order valence-electron chi connectivity index (χ1n) is 8.21. The van der Waals surface area contributed by atoms with E-state index in [1.165, 1.54) is 0 Å². The van der Waals surface area contributed by atoms with Gasteiger partial charge in [-0.05, 0) is 56.3 Å². The number of likely N-dealkylation sites (tertiary alicyclic amines) is 1. The van der Waals surface area contributed by atoms with E-state index in [0.29, 0.717) is 17.2 Å². The van der Waals surface area contributed by atoms with Crippen LogP contribution < -0.4 is 0 Å². The summed E-state index contributed by atoms with van der Waals surface area (Å²) < 4.78 is 5.85. The number of nitrogens with zero attached hydrogens (tertiary/aromatic N) is 1. The van der Waals surface area contributed by atoms with Crippen LogP contribution >= 0.6 is 0 Å². The highest BCUT2D eigenvalue weighted by Crippen LogP contribution is 2.62. The van der Waals surface area contributed by atoms with Crippen LogP contribution in [0.25, 0.3) is 0 Å². The summed E-state index contributed by atoms with van der Waals surface area (Å²) in [7, 11) is 0. The average Bonchev–Trinajstić information content (AvgIpc) is 2.75. The number of amides is 1. The van der Waals surface area contributed by atoms with E-state index >= 15 is 0 Å². The number of ether oxygens (including phenoxy) is 1. The molecule has 1 saturated carbocycles. The van der Waals surface area contributed by atoms with E-state index in [9.17, 15) is 4.79 Å². The second-order valence-electron chi connectivity index (χ2n) is 8.34. The minimum absolute atomic E-state index is 0.00288. The SMILES string of the molecule is CC1(C)CCC(CC(=O)N2C[C@@H]3[C@H](C2)C3(C)C)CCO1. The van der Waals surface area contributed by atoms with Gasteiger partial charge < -0.3 is 9.64 Å². The van der Waals surface area contributed by atoms with Crippen LogP contribution in [0.4, 0.5) is 0 Å². The molecule has 114 valence electrons. The quantitative estimate of drug-likeness (QED) is 0.777. The second-order valence-corrected chi connectivity index (χ2v) is 8.34. The standard InChI is InChI=1S/C17H29NO2/c1-16(2)7-5-12(6-8-20-16)9-15(19)18-10-13-14(11-18)17(13,3)4/h12-14H,5-11H2,1-4H3/t12?,13-,14+. The van der Waals surface area contributed by atoms with Gasteiger partial charge in [-0.15, -0.1) is 0 Å². The summed E-state index contributed by atoms with van der Waals surface area (Å²) in [5, 5.41) is 0. The summed E-state index contributed by atoms with van der Waals surface area (Å²) in [5.74, 6) is 2.44. The molecule has 1 amide bonds. The maximum absolute atomic E-state index is 12.4. The zero-order chi connectivity index (χ0) is 14.5. The molecule has 20 heavy (non-hydrogen) atoms. The zero-order valence-corrected chi connectivity index (χ0v) is 13.4. The minimum Gasteiger partial charge on any atom is -0.376 e. The van der Waals surface area contributed by atoms with Crippen molar-refractivity contribution in [1.82, 2.24) is 4.90 Å². The fraction of sp³-hybridized carbons (Fsp3) is 0.941. The summed E-state index contributed by atoms with van der Waals surface area (Å²) in [5.41, 5.74) is 0.494. The van der Waals surface area contributed by atoms with Crippen molar-refractivity contribution in [1.29, 1.82) is 0 Å². The summed E-state index contributed by atoms with van der Waals surface area (Å²) in [6.45, 7) is 11.8. The van der Waals surface area contributed by atoms with Gasteiger partial charge in [0, 0.05) is 26.1 Å². The van der Waals surface area contributed by atoms with Gasteiger partial charge in [0.05, 0.1) is 5.60 Å². The van der Waals surface area contributed by atoms with Crippen LogP contribution in [0.15, 0.2) is 0 Å². The second kappa shape index (κ2) is 4.72. The normalized spacial score (nSPS) is 38.2. The van der Waals surface area contributed by atoms with E-state index in [0.717, 1.165) is 57.2 Å². The third kappa shape index (κ3) is 2.61. The number of hydrogen-bond donors (Lipinski definition) is 0. The zero-order valence-electron chi connectivity index (χ0n) is 13.4. The Labute approximate surface area is 123 Å². The Kier molecular flexibility index (Phi) is 3.39. The number of piperidine rings is 1. The van der Waals surface area contributed by atoms with Crippen molar-refractivity contribution in [3.63, 3.8) is 0 Å². The van der Waals surface area contributed by atoms with E-state index in [1.54, 1.807) is 0 Å². The van der Waals surface area contributed by atoms with Gasteiger partial charge in [-0.3, -0.25) is 4.79 Å². The third-order valence-electron chi connectivity index (χ3n) is 6.11. The number of rotatable bonds is 2. The molecular weight excluding hydrogens is 250 g/mol. The lowest BCUT2D eigenvalue weighted by Gasteiger charge is -2.24. The summed E-state index contributed by atoms with van der Waals surface area (Å²) >= 11 is 0. The van der Waals surface area contributed by atoms with Crippen molar-refractivity contribution in [3.05, 3.63) is 0 Å². The largest absolute Gasteiger partial charge is 0.376 e. The lowest BCUT2D eigenvalue weighted by Crippen LogP contribution is -2.34. The van der Waals surface area contributed by atoms with Crippen molar-refractivity contribution in [3.8, 4) is 0 Å². The fourth-order valence-electron chi connectivity index (χ4n) is 4.19. The molecule has 2 aliphatic heterocycles. The molecule has 1 unspecified atom stereocenters. The molecule has 0 aromatic heterocycles. The molecule has 0 radical (unpaired) electrons. The van der Waals surface area contributed by atoms with Gasteiger partial charge in [0.15, 0.2) is 0 Å². The van der Waals surface area contributed by atoms with Crippen LogP contribution in [0.3, 0.4) is 0 Å². The topological polar surface area (TPSA) is 29.5 Å². The van der Waals surface area contributed by atoms with Gasteiger partial charge in [-0.2, -0.15) is 0 Å². The Bertz CT molecular complexity index is 388. The lowest BCUT2D eigenvalue weighted by atomic mass is 9.92. The van der Waals surface area contributed by atoms with Gasteiger partial charge in [0.25, 0.3) is 0 Å². The molecule has 0 aromatic rings. The molecule has 2 heterocycles. The summed E-state index contributed by atoms with van der Waals surface area (Å²) in [6, 6.07) is 0. The Hall–Kier alpha value is -0.570. The molecule has 3 heteroatoms. The van der Waals surface area contributed by atoms with E-state index in [4.69, 9.17) is 4.74 Å². The van der Waals surface area contributed by atoms with Crippen molar-refractivity contribution in [2.45, 2.75) is 59.0 Å². The molecule has 0 bridgehead atoms. The van der Waals surface area contributed by atoms with Gasteiger partial charge in [0.2, 0.25) is 5.91 Å². The molecule has 2 saturated heterocycles.